The van der Waals surface area contributed by atoms with Gasteiger partial charge < -0.3 is 9.84 Å². The van der Waals surface area contributed by atoms with Crippen LogP contribution in [0.15, 0.2) is 0 Å². The largest absolute Gasteiger partial charge is 0.469 e. The minimum absolute atomic E-state index is 0.121. The number of aliphatic hydroxyl groups excluding tert-OH is 1. The Morgan fingerprint density at radius 2 is 2.50 bits per heavy atom. The molecule has 5 heteroatoms. The molecule has 4 nitrogen and oxygen atoms in total. The van der Waals surface area contributed by atoms with Crippen LogP contribution < -0.4 is 4.74 Å². The fourth-order valence-corrected chi connectivity index (χ4v) is 1.08. The maximum Gasteiger partial charge on any atom is 0.293 e. The van der Waals surface area contributed by atoms with E-state index in [1.807, 2.05) is 6.92 Å². The standard InChI is InChI=1S/C5H8N2O2S/c1-2-9-5-6-4(3-8)7-10-5/h8H,2-3H2,1H3. The third-order valence-electron chi connectivity index (χ3n) is 0.859. The van der Waals surface area contributed by atoms with Gasteiger partial charge in [-0.15, -0.1) is 0 Å². The van der Waals surface area contributed by atoms with E-state index in [4.69, 9.17) is 9.84 Å². The molecule has 1 N–H and O–H groups in total. The zero-order valence-corrected chi connectivity index (χ0v) is 6.39. The smallest absolute Gasteiger partial charge is 0.293 e. The van der Waals surface area contributed by atoms with Crippen molar-refractivity contribution in [2.45, 2.75) is 13.5 Å². The highest BCUT2D eigenvalue weighted by Gasteiger charge is 2.00. The molecule has 0 aliphatic carbocycles. The third-order valence-corrected chi connectivity index (χ3v) is 1.53. The van der Waals surface area contributed by atoms with Crippen molar-refractivity contribution in [1.82, 2.24) is 9.36 Å². The van der Waals surface area contributed by atoms with Gasteiger partial charge >= 0.3 is 0 Å². The van der Waals surface area contributed by atoms with Gasteiger partial charge in [-0.1, -0.05) is 0 Å². The van der Waals surface area contributed by atoms with Crippen LogP contribution in [0.3, 0.4) is 0 Å². The van der Waals surface area contributed by atoms with Crippen molar-refractivity contribution in [3.63, 3.8) is 0 Å². The molecule has 1 rings (SSSR count). The molecule has 0 atom stereocenters. The van der Waals surface area contributed by atoms with E-state index in [1.165, 1.54) is 0 Å². The number of hydrogen-bond donors (Lipinski definition) is 1. The molecular formula is C5H8N2O2S. The maximum atomic E-state index is 8.55. The lowest BCUT2D eigenvalue weighted by molar-refractivity contribution is 0.270. The Kier molecular flexibility index (Phi) is 2.58. The summed E-state index contributed by atoms with van der Waals surface area (Å²) in [6.07, 6.45) is 0. The molecule has 0 aromatic carbocycles. The highest BCUT2D eigenvalue weighted by Crippen LogP contribution is 2.12. The highest BCUT2D eigenvalue weighted by atomic mass is 32.1. The number of ether oxygens (including phenoxy) is 1. The van der Waals surface area contributed by atoms with Crippen LogP contribution in [0.2, 0.25) is 0 Å². The monoisotopic (exact) mass is 160 g/mol. The molecule has 0 radical (unpaired) electrons. The van der Waals surface area contributed by atoms with Crippen LogP contribution in [0.5, 0.6) is 5.19 Å². The van der Waals surface area contributed by atoms with Crippen LogP contribution in [0.1, 0.15) is 12.7 Å². The second kappa shape index (κ2) is 3.48. The molecule has 1 aromatic heterocycles. The van der Waals surface area contributed by atoms with Crippen molar-refractivity contribution < 1.29 is 9.84 Å². The summed E-state index contributed by atoms with van der Waals surface area (Å²) in [7, 11) is 0. The SMILES string of the molecule is CCOc1nc(CO)ns1. The van der Waals surface area contributed by atoms with Crippen molar-refractivity contribution in [2.75, 3.05) is 6.61 Å². The molecule has 0 spiro atoms. The van der Waals surface area contributed by atoms with E-state index in [2.05, 4.69) is 9.36 Å². The Morgan fingerprint density at radius 3 is 3.00 bits per heavy atom. The summed E-state index contributed by atoms with van der Waals surface area (Å²) in [6, 6.07) is 0. The van der Waals surface area contributed by atoms with Gasteiger partial charge in [0, 0.05) is 11.5 Å². The summed E-state index contributed by atoms with van der Waals surface area (Å²) < 4.78 is 8.83. The second-order valence-electron chi connectivity index (χ2n) is 1.57. The first kappa shape index (κ1) is 7.43. The molecule has 0 bridgehead atoms. The molecule has 0 saturated carbocycles. The lowest BCUT2D eigenvalue weighted by Crippen LogP contribution is -1.91. The van der Waals surface area contributed by atoms with Crippen LogP contribution in [-0.2, 0) is 6.61 Å². The Morgan fingerprint density at radius 1 is 1.70 bits per heavy atom. The highest BCUT2D eigenvalue weighted by molar-refractivity contribution is 7.07. The summed E-state index contributed by atoms with van der Waals surface area (Å²) >= 11 is 1.16. The van der Waals surface area contributed by atoms with Crippen LogP contribution in [0, 0.1) is 0 Å². The molecule has 1 aromatic rings. The van der Waals surface area contributed by atoms with E-state index in [9.17, 15) is 0 Å². The topological polar surface area (TPSA) is 55.2 Å². The fourth-order valence-electron chi connectivity index (χ4n) is 0.484. The lowest BCUT2D eigenvalue weighted by atomic mass is 10.7. The molecule has 10 heavy (non-hydrogen) atoms. The van der Waals surface area contributed by atoms with Gasteiger partial charge in [0.05, 0.1) is 6.61 Å². The molecule has 1 heterocycles. The molecular weight excluding hydrogens is 152 g/mol. The average molecular weight is 160 g/mol. The first-order chi connectivity index (χ1) is 4.86. The summed E-state index contributed by atoms with van der Waals surface area (Å²) in [4.78, 5) is 3.85. The zero-order valence-electron chi connectivity index (χ0n) is 5.57. The summed E-state index contributed by atoms with van der Waals surface area (Å²) in [5, 5.41) is 9.07. The van der Waals surface area contributed by atoms with Crippen LogP contribution in [-0.4, -0.2) is 21.1 Å². The van der Waals surface area contributed by atoms with Crippen LogP contribution in [0.4, 0.5) is 0 Å². The molecule has 56 valence electrons. The van der Waals surface area contributed by atoms with Gasteiger partial charge in [-0.25, -0.2) is 0 Å². The summed E-state index contributed by atoms with van der Waals surface area (Å²) in [5.74, 6) is 0.424. The van der Waals surface area contributed by atoms with Crippen LogP contribution >= 0.6 is 11.5 Å². The number of aromatic nitrogens is 2. The normalized spacial score (nSPS) is 9.80. The number of nitrogens with zero attached hydrogens (tertiary/aromatic N) is 2. The second-order valence-corrected chi connectivity index (χ2v) is 2.28. The van der Waals surface area contributed by atoms with E-state index in [-0.39, 0.29) is 6.61 Å². The molecule has 0 aliphatic heterocycles. The number of hydrogen-bond acceptors (Lipinski definition) is 5. The molecule has 0 saturated heterocycles. The van der Waals surface area contributed by atoms with Crippen LogP contribution in [0.25, 0.3) is 0 Å². The van der Waals surface area contributed by atoms with E-state index >= 15 is 0 Å². The zero-order chi connectivity index (χ0) is 7.40. The summed E-state index contributed by atoms with van der Waals surface area (Å²) in [5.41, 5.74) is 0. The predicted octanol–water partition coefficient (Wildman–Crippen LogP) is 0.429. The predicted molar refractivity (Wildman–Crippen MR) is 37.0 cm³/mol. The minimum Gasteiger partial charge on any atom is -0.469 e. The molecule has 0 amide bonds. The van der Waals surface area contributed by atoms with E-state index in [0.717, 1.165) is 11.5 Å². The third kappa shape index (κ3) is 1.65. The van der Waals surface area contributed by atoms with Gasteiger partial charge in [0.1, 0.15) is 6.61 Å². The van der Waals surface area contributed by atoms with E-state index in [0.29, 0.717) is 17.6 Å². The Bertz CT molecular complexity index is 201. The maximum absolute atomic E-state index is 8.55. The van der Waals surface area contributed by atoms with E-state index in [1.54, 1.807) is 0 Å². The Balaban J connectivity index is 2.59. The Hall–Kier alpha value is -0.680. The summed E-state index contributed by atoms with van der Waals surface area (Å²) in [6.45, 7) is 2.34. The quantitative estimate of drug-likeness (QED) is 0.696. The lowest BCUT2D eigenvalue weighted by Gasteiger charge is -1.91. The van der Waals surface area contributed by atoms with Gasteiger partial charge in [-0.3, -0.25) is 0 Å². The van der Waals surface area contributed by atoms with Crippen molar-refractivity contribution in [1.29, 1.82) is 0 Å². The van der Waals surface area contributed by atoms with E-state index < -0.39 is 0 Å². The Labute approximate surface area is 62.7 Å². The number of rotatable bonds is 3. The fraction of sp³-hybridized carbons (Fsp3) is 0.600. The van der Waals surface area contributed by atoms with Crippen molar-refractivity contribution in [2.24, 2.45) is 0 Å². The molecule has 0 unspecified atom stereocenters. The van der Waals surface area contributed by atoms with Crippen molar-refractivity contribution in [3.05, 3.63) is 5.82 Å². The minimum atomic E-state index is -0.121. The first-order valence-electron chi connectivity index (χ1n) is 2.93. The number of aliphatic hydroxyl groups is 1. The first-order valence-corrected chi connectivity index (χ1v) is 3.70. The van der Waals surface area contributed by atoms with Gasteiger partial charge in [0.25, 0.3) is 5.19 Å². The van der Waals surface area contributed by atoms with Gasteiger partial charge in [-0.2, -0.15) is 9.36 Å². The van der Waals surface area contributed by atoms with Crippen molar-refractivity contribution >= 4 is 11.5 Å². The van der Waals surface area contributed by atoms with Gasteiger partial charge in [-0.05, 0) is 6.92 Å². The average Bonchev–Trinajstić information content (AvgIpc) is 2.37. The molecule has 0 fully saturated rings. The van der Waals surface area contributed by atoms with Gasteiger partial charge in [0.15, 0.2) is 5.82 Å². The van der Waals surface area contributed by atoms with Gasteiger partial charge in [0.2, 0.25) is 0 Å². The van der Waals surface area contributed by atoms with Crippen molar-refractivity contribution in [3.8, 4) is 5.19 Å². The molecule has 0 aliphatic rings.